The van der Waals surface area contributed by atoms with Crippen LogP contribution in [0.25, 0.3) is 5.65 Å². The lowest BCUT2D eigenvalue weighted by atomic mass is 9.87. The number of rotatable bonds is 3. The maximum atomic E-state index is 15.2. The van der Waals surface area contributed by atoms with Crippen LogP contribution in [-0.2, 0) is 6.42 Å². The van der Waals surface area contributed by atoms with Gasteiger partial charge in [-0.25, -0.2) is 4.39 Å². The second-order valence-corrected chi connectivity index (χ2v) is 7.20. The molecule has 0 spiro atoms. The van der Waals surface area contributed by atoms with Crippen LogP contribution in [0.4, 0.5) is 4.39 Å². The molecular weight excluding hydrogens is 355 g/mol. The van der Waals surface area contributed by atoms with E-state index in [1.54, 1.807) is 46.1 Å². The molecule has 134 valence electrons. The summed E-state index contributed by atoms with van der Waals surface area (Å²) in [5, 5.41) is 8.38. The average molecular weight is 373 g/mol. The fraction of sp³-hybridized carbons (Fsp3) is 0.316. The van der Waals surface area contributed by atoms with Gasteiger partial charge in [-0.1, -0.05) is 23.7 Å². The molecule has 5 nitrogen and oxygen atoms in total. The zero-order valence-electron chi connectivity index (χ0n) is 14.1. The van der Waals surface area contributed by atoms with Crippen molar-refractivity contribution in [3.8, 4) is 0 Å². The number of benzene rings is 1. The Bertz CT molecular complexity index is 932. The number of carbonyl (C=O) groups excluding carboxylic acids is 1. The first-order chi connectivity index (χ1) is 12.5. The van der Waals surface area contributed by atoms with Gasteiger partial charge in [-0.2, -0.15) is 0 Å². The highest BCUT2D eigenvalue weighted by Crippen LogP contribution is 2.31. The van der Waals surface area contributed by atoms with Crippen molar-refractivity contribution in [3.05, 3.63) is 65.1 Å². The van der Waals surface area contributed by atoms with Gasteiger partial charge in [-0.3, -0.25) is 9.20 Å². The zero-order chi connectivity index (χ0) is 18.1. The Labute approximate surface area is 155 Å². The number of piperidine rings is 1. The quantitative estimate of drug-likeness (QED) is 0.706. The van der Waals surface area contributed by atoms with E-state index in [0.717, 1.165) is 5.56 Å². The van der Waals surface area contributed by atoms with Crippen LogP contribution in [-0.4, -0.2) is 44.2 Å². The molecule has 0 N–H and O–H groups in total. The highest BCUT2D eigenvalue weighted by Gasteiger charge is 2.36. The molecular formula is C19H18ClFN4O. The largest absolute Gasteiger partial charge is 0.338 e. The van der Waals surface area contributed by atoms with Gasteiger partial charge in [0.25, 0.3) is 5.91 Å². The monoisotopic (exact) mass is 372 g/mol. The zero-order valence-corrected chi connectivity index (χ0v) is 14.9. The Morgan fingerprint density at radius 1 is 1.15 bits per heavy atom. The lowest BCUT2D eigenvalue weighted by molar-refractivity contribution is 0.0437. The minimum atomic E-state index is -1.29. The standard InChI is InChI=1S/C19H18ClFN4O/c20-16-4-1-14(2-5-16)11-19(21)7-9-24(10-8-19)18(26)15-3-6-17-23-22-13-25(17)12-15/h1-6,12-13H,7-11H2. The summed E-state index contributed by atoms with van der Waals surface area (Å²) >= 11 is 5.88. The van der Waals surface area contributed by atoms with Gasteiger partial charge in [-0.05, 0) is 42.7 Å². The molecule has 3 aromatic rings. The number of likely N-dealkylation sites (tertiary alicyclic amines) is 1. The number of alkyl halides is 1. The fourth-order valence-electron chi connectivity index (χ4n) is 3.39. The Kier molecular flexibility index (Phi) is 4.36. The number of pyridine rings is 1. The molecule has 1 aromatic carbocycles. The van der Waals surface area contributed by atoms with Gasteiger partial charge in [0.15, 0.2) is 5.65 Å². The number of fused-ring (bicyclic) bond motifs is 1. The first-order valence-corrected chi connectivity index (χ1v) is 8.92. The molecule has 4 rings (SSSR count). The number of hydrogen-bond donors (Lipinski definition) is 0. The molecule has 7 heteroatoms. The summed E-state index contributed by atoms with van der Waals surface area (Å²) in [5.74, 6) is -0.0888. The fourth-order valence-corrected chi connectivity index (χ4v) is 3.52. The highest BCUT2D eigenvalue weighted by molar-refractivity contribution is 6.30. The predicted molar refractivity (Wildman–Crippen MR) is 97.1 cm³/mol. The van der Waals surface area contributed by atoms with Gasteiger partial charge < -0.3 is 4.90 Å². The maximum absolute atomic E-state index is 15.2. The van der Waals surface area contributed by atoms with Crippen molar-refractivity contribution >= 4 is 23.2 Å². The Morgan fingerprint density at radius 3 is 2.62 bits per heavy atom. The van der Waals surface area contributed by atoms with E-state index in [9.17, 15) is 4.79 Å². The average Bonchev–Trinajstić information content (AvgIpc) is 3.11. The molecule has 0 unspecified atom stereocenters. The Hall–Kier alpha value is -2.47. The van der Waals surface area contributed by atoms with Gasteiger partial charge in [-0.15, -0.1) is 10.2 Å². The van der Waals surface area contributed by atoms with Crippen molar-refractivity contribution in [2.45, 2.75) is 24.9 Å². The van der Waals surface area contributed by atoms with Gasteiger partial charge in [0.2, 0.25) is 0 Å². The molecule has 26 heavy (non-hydrogen) atoms. The van der Waals surface area contributed by atoms with E-state index in [4.69, 9.17) is 11.6 Å². The molecule has 0 aliphatic carbocycles. The lowest BCUT2D eigenvalue weighted by Crippen LogP contribution is -2.45. The summed E-state index contributed by atoms with van der Waals surface area (Å²) in [7, 11) is 0. The topological polar surface area (TPSA) is 50.5 Å². The molecule has 1 aliphatic rings. The van der Waals surface area contributed by atoms with Gasteiger partial charge in [0.05, 0.1) is 5.56 Å². The van der Waals surface area contributed by atoms with Crippen LogP contribution in [0.2, 0.25) is 5.02 Å². The molecule has 1 amide bonds. The SMILES string of the molecule is O=C(c1ccc2nncn2c1)N1CCC(F)(Cc2ccc(Cl)cc2)CC1. The molecule has 0 radical (unpaired) electrons. The first kappa shape index (κ1) is 17.0. The maximum Gasteiger partial charge on any atom is 0.255 e. The Morgan fingerprint density at radius 2 is 1.88 bits per heavy atom. The molecule has 3 heterocycles. The summed E-state index contributed by atoms with van der Waals surface area (Å²) in [6.45, 7) is 0.812. The molecule has 0 saturated carbocycles. The number of aromatic nitrogens is 3. The molecule has 2 aromatic heterocycles. The van der Waals surface area contributed by atoms with Crippen molar-refractivity contribution in [3.63, 3.8) is 0 Å². The van der Waals surface area contributed by atoms with E-state index in [0.29, 0.717) is 48.6 Å². The third kappa shape index (κ3) is 3.42. The second kappa shape index (κ2) is 6.68. The molecule has 0 bridgehead atoms. The number of hydrogen-bond acceptors (Lipinski definition) is 3. The first-order valence-electron chi connectivity index (χ1n) is 8.54. The number of amides is 1. The number of carbonyl (C=O) groups is 1. The van der Waals surface area contributed by atoms with Crippen molar-refractivity contribution < 1.29 is 9.18 Å². The Balaban J connectivity index is 1.42. The van der Waals surface area contributed by atoms with Crippen LogP contribution in [0.3, 0.4) is 0 Å². The van der Waals surface area contributed by atoms with Crippen molar-refractivity contribution in [1.82, 2.24) is 19.5 Å². The molecule has 1 fully saturated rings. The second-order valence-electron chi connectivity index (χ2n) is 6.76. The van der Waals surface area contributed by atoms with E-state index in [1.165, 1.54) is 0 Å². The van der Waals surface area contributed by atoms with E-state index in [-0.39, 0.29) is 5.91 Å². The normalized spacial score (nSPS) is 16.8. The van der Waals surface area contributed by atoms with Crippen LogP contribution < -0.4 is 0 Å². The molecule has 1 saturated heterocycles. The van der Waals surface area contributed by atoms with E-state index in [2.05, 4.69) is 10.2 Å². The predicted octanol–water partition coefficient (Wildman–Crippen LogP) is 3.57. The summed E-state index contributed by atoms with van der Waals surface area (Å²) < 4.78 is 16.9. The van der Waals surface area contributed by atoms with Crippen LogP contribution in [0.5, 0.6) is 0 Å². The van der Waals surface area contributed by atoms with Crippen molar-refractivity contribution in [2.75, 3.05) is 13.1 Å². The summed E-state index contributed by atoms with van der Waals surface area (Å²) in [4.78, 5) is 14.4. The summed E-state index contributed by atoms with van der Waals surface area (Å²) in [5.41, 5.74) is 0.880. The molecule has 0 atom stereocenters. The minimum Gasteiger partial charge on any atom is -0.338 e. The van der Waals surface area contributed by atoms with Gasteiger partial charge in [0.1, 0.15) is 12.0 Å². The third-order valence-electron chi connectivity index (χ3n) is 4.92. The van der Waals surface area contributed by atoms with Gasteiger partial charge >= 0.3 is 0 Å². The van der Waals surface area contributed by atoms with Crippen molar-refractivity contribution in [2.24, 2.45) is 0 Å². The van der Waals surface area contributed by atoms with E-state index >= 15 is 4.39 Å². The van der Waals surface area contributed by atoms with Crippen molar-refractivity contribution in [1.29, 1.82) is 0 Å². The number of halogens is 2. The van der Waals surface area contributed by atoms with E-state index in [1.807, 2.05) is 12.1 Å². The smallest absolute Gasteiger partial charge is 0.255 e. The summed E-state index contributed by atoms with van der Waals surface area (Å²) in [6.07, 6.45) is 4.27. The summed E-state index contributed by atoms with van der Waals surface area (Å²) in [6, 6.07) is 10.8. The molecule has 1 aliphatic heterocycles. The van der Waals surface area contributed by atoms with E-state index < -0.39 is 5.67 Å². The highest BCUT2D eigenvalue weighted by atomic mass is 35.5. The van der Waals surface area contributed by atoms with Gasteiger partial charge in [0, 0.05) is 30.7 Å². The number of nitrogens with zero attached hydrogens (tertiary/aromatic N) is 4. The third-order valence-corrected chi connectivity index (χ3v) is 5.17. The minimum absolute atomic E-state index is 0.0888. The van der Waals surface area contributed by atoms with Crippen LogP contribution in [0.15, 0.2) is 48.9 Å². The lowest BCUT2D eigenvalue weighted by Gasteiger charge is -2.36. The van der Waals surface area contributed by atoms with Crippen LogP contribution in [0, 0.1) is 0 Å². The van der Waals surface area contributed by atoms with Crippen LogP contribution in [0.1, 0.15) is 28.8 Å². The van der Waals surface area contributed by atoms with Crippen LogP contribution >= 0.6 is 11.6 Å².